The van der Waals surface area contributed by atoms with E-state index in [-0.39, 0.29) is 18.5 Å². The first-order valence-electron chi connectivity index (χ1n) is 11.0. The summed E-state index contributed by atoms with van der Waals surface area (Å²) < 4.78 is 12.0. The Morgan fingerprint density at radius 2 is 1.79 bits per heavy atom. The van der Waals surface area contributed by atoms with Gasteiger partial charge >= 0.3 is 0 Å². The molecule has 0 aliphatic carbocycles. The van der Waals surface area contributed by atoms with Crippen LogP contribution in [0.15, 0.2) is 60.8 Å². The topological polar surface area (TPSA) is 92.2 Å². The maximum atomic E-state index is 13.2. The summed E-state index contributed by atoms with van der Waals surface area (Å²) in [5.74, 6) is 1.71. The number of carbonyl (C=O) groups is 2. The zero-order valence-corrected chi connectivity index (χ0v) is 18.3. The summed E-state index contributed by atoms with van der Waals surface area (Å²) in [5, 5.41) is 7.80. The predicted molar refractivity (Wildman–Crippen MR) is 124 cm³/mol. The molecule has 1 N–H and O–H groups in total. The number of hydrogen-bond donors (Lipinski definition) is 1. The Labute approximate surface area is 192 Å². The van der Waals surface area contributed by atoms with Gasteiger partial charge in [-0.25, -0.2) is 0 Å². The van der Waals surface area contributed by atoms with E-state index < -0.39 is 0 Å². The van der Waals surface area contributed by atoms with Crippen LogP contribution in [-0.2, 0) is 4.79 Å². The molecule has 5 rings (SSSR count). The van der Waals surface area contributed by atoms with Crippen LogP contribution in [0.5, 0.6) is 11.5 Å². The van der Waals surface area contributed by atoms with E-state index in [9.17, 15) is 4.79 Å². The summed E-state index contributed by atoms with van der Waals surface area (Å²) in [7, 11) is 0. The van der Waals surface area contributed by atoms with Gasteiger partial charge in [-0.15, -0.1) is 0 Å². The molecule has 1 amide bonds. The number of hydrogen-bond acceptors (Lipinski definition) is 6. The van der Waals surface area contributed by atoms with Gasteiger partial charge in [0.15, 0.2) is 11.5 Å². The number of amides is 1. The van der Waals surface area contributed by atoms with E-state index in [4.69, 9.17) is 19.4 Å². The Balaban J connectivity index is 0.000000821. The molecule has 1 saturated heterocycles. The van der Waals surface area contributed by atoms with Crippen LogP contribution in [0.4, 0.5) is 0 Å². The van der Waals surface area contributed by atoms with E-state index in [2.05, 4.69) is 9.88 Å². The van der Waals surface area contributed by atoms with Crippen LogP contribution in [0.1, 0.15) is 16.8 Å². The van der Waals surface area contributed by atoms with Gasteiger partial charge in [0.05, 0.1) is 11.1 Å². The monoisotopic (exact) mass is 449 g/mol. The fourth-order valence-electron chi connectivity index (χ4n) is 4.25. The van der Waals surface area contributed by atoms with Crippen LogP contribution in [0.25, 0.3) is 10.9 Å². The molecule has 0 saturated carbocycles. The minimum absolute atomic E-state index is 0.00583. The number of pyridine rings is 1. The Bertz CT molecular complexity index is 1100. The molecule has 0 bridgehead atoms. The maximum Gasteiger partial charge on any atom is 0.290 e. The summed E-state index contributed by atoms with van der Waals surface area (Å²) in [6, 6.07) is 17.4. The first-order valence-corrected chi connectivity index (χ1v) is 11.0. The lowest BCUT2D eigenvalue weighted by molar-refractivity contribution is -0.122. The number of rotatable bonds is 3. The lowest BCUT2D eigenvalue weighted by atomic mass is 10.1. The van der Waals surface area contributed by atoms with Crippen molar-refractivity contribution in [3.63, 3.8) is 0 Å². The standard InChI is InChI=1S/C24H25N3O3.CH2O2/c28-24(20-10-11-25-21-7-2-1-6-19(20)21)27-13-5-12-26(14-15-27)16-18-17-29-22-8-3-4-9-23(22)30-18;2-1-3/h1-4,6-11,18H,5,12-17H2;1H,(H,2,3). The summed E-state index contributed by atoms with van der Waals surface area (Å²) in [6.45, 7) is 4.35. The van der Waals surface area contributed by atoms with E-state index in [0.717, 1.165) is 60.6 Å². The van der Waals surface area contributed by atoms with E-state index in [1.54, 1.807) is 6.20 Å². The van der Waals surface area contributed by atoms with Crippen molar-refractivity contribution in [1.29, 1.82) is 0 Å². The fraction of sp³-hybridized carbons (Fsp3) is 0.320. The smallest absolute Gasteiger partial charge is 0.290 e. The van der Waals surface area contributed by atoms with Crippen molar-refractivity contribution in [3.8, 4) is 11.5 Å². The second kappa shape index (κ2) is 10.8. The molecule has 1 unspecified atom stereocenters. The largest absolute Gasteiger partial charge is 0.486 e. The van der Waals surface area contributed by atoms with Crippen molar-refractivity contribution < 1.29 is 24.2 Å². The Kier molecular flexibility index (Phi) is 7.36. The van der Waals surface area contributed by atoms with E-state index in [0.29, 0.717) is 13.2 Å². The molecule has 0 radical (unpaired) electrons. The number of para-hydroxylation sites is 3. The second-order valence-corrected chi connectivity index (χ2v) is 7.93. The molecular weight excluding hydrogens is 422 g/mol. The molecule has 8 heteroatoms. The molecule has 1 fully saturated rings. The van der Waals surface area contributed by atoms with Crippen molar-refractivity contribution in [2.75, 3.05) is 39.3 Å². The first-order chi connectivity index (χ1) is 16.2. The van der Waals surface area contributed by atoms with Crippen LogP contribution in [-0.4, -0.2) is 77.7 Å². The third-order valence-electron chi connectivity index (χ3n) is 5.78. The van der Waals surface area contributed by atoms with Gasteiger partial charge in [-0.1, -0.05) is 30.3 Å². The molecule has 1 atom stereocenters. The minimum Gasteiger partial charge on any atom is -0.486 e. The Hall–Kier alpha value is -3.65. The number of nitrogens with zero attached hydrogens (tertiary/aromatic N) is 3. The molecule has 1 aromatic heterocycles. The highest BCUT2D eigenvalue weighted by Crippen LogP contribution is 2.31. The Morgan fingerprint density at radius 1 is 1.03 bits per heavy atom. The van der Waals surface area contributed by atoms with Crippen LogP contribution in [0, 0.1) is 0 Å². The van der Waals surface area contributed by atoms with Crippen molar-refractivity contribution in [3.05, 3.63) is 66.4 Å². The SMILES string of the molecule is O=C(c1ccnc2ccccc12)N1CCCN(CC2COc3ccccc3O2)CC1.O=CO. The third kappa shape index (κ3) is 5.40. The molecule has 0 spiro atoms. The van der Waals surface area contributed by atoms with Crippen LogP contribution in [0.2, 0.25) is 0 Å². The van der Waals surface area contributed by atoms with Gasteiger partial charge in [-0.2, -0.15) is 0 Å². The number of aromatic nitrogens is 1. The highest BCUT2D eigenvalue weighted by atomic mass is 16.6. The minimum atomic E-state index is -0.250. The van der Waals surface area contributed by atoms with Gasteiger partial charge in [0.1, 0.15) is 12.7 Å². The molecule has 8 nitrogen and oxygen atoms in total. The zero-order valence-electron chi connectivity index (χ0n) is 18.3. The van der Waals surface area contributed by atoms with Crippen LogP contribution >= 0.6 is 0 Å². The number of carbonyl (C=O) groups excluding carboxylic acids is 1. The normalized spacial score (nSPS) is 18.1. The van der Waals surface area contributed by atoms with Crippen molar-refractivity contribution in [1.82, 2.24) is 14.8 Å². The van der Waals surface area contributed by atoms with Crippen molar-refractivity contribution in [2.45, 2.75) is 12.5 Å². The molecule has 172 valence electrons. The number of ether oxygens (including phenoxy) is 2. The molecule has 2 aliphatic heterocycles. The first kappa shape index (κ1) is 22.5. The number of fused-ring (bicyclic) bond motifs is 2. The highest BCUT2D eigenvalue weighted by Gasteiger charge is 2.26. The van der Waals surface area contributed by atoms with E-state index >= 15 is 0 Å². The van der Waals surface area contributed by atoms with E-state index in [1.165, 1.54) is 0 Å². The Morgan fingerprint density at radius 3 is 2.64 bits per heavy atom. The van der Waals surface area contributed by atoms with Gasteiger partial charge in [-0.05, 0) is 30.7 Å². The summed E-state index contributed by atoms with van der Waals surface area (Å²) in [4.78, 5) is 30.3. The van der Waals surface area contributed by atoms with Gasteiger partial charge in [0.25, 0.3) is 12.4 Å². The molecular formula is C25H27N3O5. The van der Waals surface area contributed by atoms with Gasteiger partial charge in [0.2, 0.25) is 0 Å². The molecule has 2 aromatic carbocycles. The lowest BCUT2D eigenvalue weighted by Crippen LogP contribution is -2.42. The molecule has 2 aliphatic rings. The summed E-state index contributed by atoms with van der Waals surface area (Å²) in [5.41, 5.74) is 1.59. The van der Waals surface area contributed by atoms with Crippen molar-refractivity contribution in [2.24, 2.45) is 0 Å². The summed E-state index contributed by atoms with van der Waals surface area (Å²) in [6.07, 6.45) is 2.67. The highest BCUT2D eigenvalue weighted by molar-refractivity contribution is 6.05. The molecule has 3 aromatic rings. The number of benzene rings is 2. The lowest BCUT2D eigenvalue weighted by Gasteiger charge is -2.30. The van der Waals surface area contributed by atoms with Crippen molar-refractivity contribution >= 4 is 23.3 Å². The second-order valence-electron chi connectivity index (χ2n) is 7.93. The zero-order chi connectivity index (χ0) is 23.0. The van der Waals surface area contributed by atoms with Crippen LogP contribution in [0.3, 0.4) is 0 Å². The average molecular weight is 450 g/mol. The summed E-state index contributed by atoms with van der Waals surface area (Å²) >= 11 is 0. The van der Waals surface area contributed by atoms with Gasteiger partial charge < -0.3 is 19.5 Å². The molecule has 33 heavy (non-hydrogen) atoms. The maximum absolute atomic E-state index is 13.2. The van der Waals surface area contributed by atoms with Gasteiger partial charge in [-0.3, -0.25) is 19.5 Å². The quantitative estimate of drug-likeness (QED) is 0.615. The molecule has 3 heterocycles. The van der Waals surface area contributed by atoms with Crippen LogP contribution < -0.4 is 9.47 Å². The fourth-order valence-corrected chi connectivity index (χ4v) is 4.25. The predicted octanol–water partition coefficient (Wildman–Crippen LogP) is 2.92. The van der Waals surface area contributed by atoms with E-state index in [1.807, 2.05) is 59.5 Å². The average Bonchev–Trinajstić information content (AvgIpc) is 3.09. The third-order valence-corrected chi connectivity index (χ3v) is 5.78. The van der Waals surface area contributed by atoms with Gasteiger partial charge in [0, 0.05) is 44.3 Å². The number of carboxylic acid groups (broad SMARTS) is 1.